The van der Waals surface area contributed by atoms with Crippen LogP contribution in [0, 0.1) is 5.41 Å². The first-order valence-electron chi connectivity index (χ1n) is 10.6. The molecule has 0 N–H and O–H groups in total. The average molecular weight is 392 g/mol. The molecule has 0 aliphatic heterocycles. The Hall–Kier alpha value is -3.00. The number of rotatable bonds is 2. The van der Waals surface area contributed by atoms with Crippen LogP contribution in [0.5, 0.6) is 0 Å². The van der Waals surface area contributed by atoms with Crippen molar-refractivity contribution in [2.24, 2.45) is 5.41 Å². The van der Waals surface area contributed by atoms with E-state index in [9.17, 15) is 9.59 Å². The monoisotopic (exact) mass is 392 g/mol. The minimum absolute atomic E-state index is 0.176. The summed E-state index contributed by atoms with van der Waals surface area (Å²) in [4.78, 5) is 23.4. The minimum Gasteiger partial charge on any atom is -0.298 e. The van der Waals surface area contributed by atoms with Crippen LogP contribution >= 0.6 is 0 Å². The van der Waals surface area contributed by atoms with Crippen LogP contribution in [0.15, 0.2) is 60.7 Å². The second-order valence-electron chi connectivity index (χ2n) is 9.89. The highest BCUT2D eigenvalue weighted by Crippen LogP contribution is 2.82. The van der Waals surface area contributed by atoms with E-state index in [1.54, 1.807) is 0 Å². The van der Waals surface area contributed by atoms with Crippen molar-refractivity contribution in [2.45, 2.75) is 43.9 Å². The summed E-state index contributed by atoms with van der Waals surface area (Å²) in [6, 6.07) is 21.3. The van der Waals surface area contributed by atoms with Gasteiger partial charge in [-0.05, 0) is 45.5 Å². The number of carbonyl (C=O) groups excluding carboxylic acids is 2. The zero-order valence-electron chi connectivity index (χ0n) is 17.7. The maximum Gasteiger partial charge on any atom is 0.150 e. The van der Waals surface area contributed by atoms with Crippen molar-refractivity contribution in [2.75, 3.05) is 0 Å². The lowest BCUT2D eigenvalue weighted by molar-refractivity contribution is 0.0996. The molecule has 4 atom stereocenters. The van der Waals surface area contributed by atoms with Crippen LogP contribution in [0.2, 0.25) is 0 Å². The predicted octanol–water partition coefficient (Wildman–Crippen LogP) is 5.58. The van der Waals surface area contributed by atoms with Crippen molar-refractivity contribution in [1.82, 2.24) is 0 Å². The third kappa shape index (κ3) is 1.41. The van der Waals surface area contributed by atoms with E-state index in [0.29, 0.717) is 11.1 Å². The molecule has 2 unspecified atom stereocenters. The standard InChI is InChI=1S/C28H24O2/c1-25-19-7-5-6-8-20(19)26(2)22-12-10-18(16-30)14-24(22)27(3,28(25,26)4)23-13-17(15-29)9-11-21(23)25/h5-16H,1-4H3/t25-,26+,27?,28?. The van der Waals surface area contributed by atoms with Crippen molar-refractivity contribution < 1.29 is 9.59 Å². The molecule has 3 aliphatic carbocycles. The van der Waals surface area contributed by atoms with Crippen molar-refractivity contribution in [3.8, 4) is 0 Å². The van der Waals surface area contributed by atoms with Crippen molar-refractivity contribution in [1.29, 1.82) is 0 Å². The quantitative estimate of drug-likeness (QED) is 0.534. The van der Waals surface area contributed by atoms with Crippen LogP contribution < -0.4 is 0 Å². The van der Waals surface area contributed by atoms with Gasteiger partial charge in [-0.2, -0.15) is 0 Å². The molecule has 148 valence electrons. The van der Waals surface area contributed by atoms with Gasteiger partial charge in [0.15, 0.2) is 0 Å². The minimum atomic E-state index is -0.321. The molecule has 30 heavy (non-hydrogen) atoms. The average Bonchev–Trinajstić information content (AvgIpc) is 3.14. The van der Waals surface area contributed by atoms with Gasteiger partial charge in [-0.25, -0.2) is 0 Å². The molecule has 0 amide bonds. The van der Waals surface area contributed by atoms with E-state index in [1.807, 2.05) is 12.1 Å². The molecular formula is C28H24O2. The fourth-order valence-electron chi connectivity index (χ4n) is 7.88. The van der Waals surface area contributed by atoms with Gasteiger partial charge in [0, 0.05) is 32.8 Å². The normalized spacial score (nSPS) is 34.1. The summed E-state index contributed by atoms with van der Waals surface area (Å²) in [5.41, 5.74) is 8.31. The third-order valence-corrected chi connectivity index (χ3v) is 9.52. The first kappa shape index (κ1) is 17.8. The summed E-state index contributed by atoms with van der Waals surface area (Å²) in [5, 5.41) is 0. The smallest absolute Gasteiger partial charge is 0.150 e. The second-order valence-corrected chi connectivity index (χ2v) is 9.89. The van der Waals surface area contributed by atoms with Gasteiger partial charge in [-0.15, -0.1) is 0 Å². The summed E-state index contributed by atoms with van der Waals surface area (Å²) in [7, 11) is 0. The molecule has 0 heterocycles. The topological polar surface area (TPSA) is 34.1 Å². The number of carbonyl (C=O) groups is 2. The van der Waals surface area contributed by atoms with Gasteiger partial charge in [0.2, 0.25) is 0 Å². The van der Waals surface area contributed by atoms with Gasteiger partial charge >= 0.3 is 0 Å². The first-order chi connectivity index (χ1) is 14.3. The van der Waals surface area contributed by atoms with Crippen LogP contribution in [0.4, 0.5) is 0 Å². The van der Waals surface area contributed by atoms with Crippen LogP contribution in [-0.4, -0.2) is 12.6 Å². The van der Waals surface area contributed by atoms with Crippen LogP contribution in [0.1, 0.15) is 81.8 Å². The highest BCUT2D eigenvalue weighted by atomic mass is 16.1. The molecule has 0 saturated heterocycles. The fourth-order valence-corrected chi connectivity index (χ4v) is 7.88. The molecule has 0 fully saturated rings. The van der Waals surface area contributed by atoms with E-state index in [4.69, 9.17) is 0 Å². The van der Waals surface area contributed by atoms with Gasteiger partial charge in [0.1, 0.15) is 12.6 Å². The predicted molar refractivity (Wildman–Crippen MR) is 118 cm³/mol. The summed E-state index contributed by atoms with van der Waals surface area (Å²) >= 11 is 0. The molecular weight excluding hydrogens is 368 g/mol. The summed E-state index contributed by atoms with van der Waals surface area (Å²) in [6.45, 7) is 9.52. The Labute approximate surface area is 177 Å². The molecule has 0 radical (unpaired) electrons. The molecule has 0 spiro atoms. The maximum atomic E-state index is 11.7. The van der Waals surface area contributed by atoms with E-state index in [1.165, 1.54) is 33.4 Å². The van der Waals surface area contributed by atoms with Gasteiger partial charge in [-0.1, -0.05) is 76.2 Å². The molecule has 2 heteroatoms. The number of fused-ring (bicyclic) bond motifs is 9. The van der Waals surface area contributed by atoms with E-state index in [-0.39, 0.29) is 21.7 Å². The SMILES string of the molecule is CC12c3cc(C=O)ccc3[C@@]3(C)c4ccccc4[C@@](C)(c4ccc(C=O)cc41)C23C. The number of hydrogen-bond donors (Lipinski definition) is 0. The Kier molecular flexibility index (Phi) is 2.97. The Morgan fingerprint density at radius 3 is 1.30 bits per heavy atom. The molecule has 6 rings (SSSR count). The molecule has 3 aliphatic rings. The molecule has 3 aromatic rings. The number of benzene rings is 3. The molecule has 0 saturated carbocycles. The molecule has 0 aromatic heterocycles. The second kappa shape index (κ2) is 5.00. The van der Waals surface area contributed by atoms with E-state index < -0.39 is 0 Å². The van der Waals surface area contributed by atoms with Crippen molar-refractivity contribution in [3.05, 3.63) is 105 Å². The lowest BCUT2D eigenvalue weighted by Crippen LogP contribution is -2.51. The Bertz CT molecular complexity index is 1210. The lowest BCUT2D eigenvalue weighted by atomic mass is 9.52. The Balaban J connectivity index is 1.88. The van der Waals surface area contributed by atoms with Gasteiger partial charge < -0.3 is 0 Å². The molecule has 0 bridgehead atoms. The van der Waals surface area contributed by atoms with Gasteiger partial charge in [0.25, 0.3) is 0 Å². The first-order valence-corrected chi connectivity index (χ1v) is 10.6. The highest BCUT2D eigenvalue weighted by molar-refractivity contribution is 5.83. The van der Waals surface area contributed by atoms with Crippen molar-refractivity contribution in [3.63, 3.8) is 0 Å². The summed E-state index contributed by atoms with van der Waals surface area (Å²) in [5.74, 6) is 0. The van der Waals surface area contributed by atoms with Crippen molar-refractivity contribution >= 4 is 12.6 Å². The number of aldehydes is 2. The van der Waals surface area contributed by atoms with E-state index in [2.05, 4.69) is 76.2 Å². The lowest BCUT2D eigenvalue weighted by Gasteiger charge is -2.49. The van der Waals surface area contributed by atoms with Gasteiger partial charge in [-0.3, -0.25) is 9.59 Å². The van der Waals surface area contributed by atoms with E-state index >= 15 is 0 Å². The molecule has 3 aromatic carbocycles. The van der Waals surface area contributed by atoms with Crippen LogP contribution in [0.25, 0.3) is 0 Å². The van der Waals surface area contributed by atoms with Gasteiger partial charge in [0.05, 0.1) is 0 Å². The molecule has 2 nitrogen and oxygen atoms in total. The Morgan fingerprint density at radius 2 is 0.900 bits per heavy atom. The fraction of sp³-hybridized carbons (Fsp3) is 0.286. The zero-order chi connectivity index (χ0) is 21.1. The third-order valence-electron chi connectivity index (χ3n) is 9.52. The van der Waals surface area contributed by atoms with Crippen LogP contribution in [0.3, 0.4) is 0 Å². The van der Waals surface area contributed by atoms with Crippen LogP contribution in [-0.2, 0) is 16.2 Å². The summed E-state index contributed by atoms with van der Waals surface area (Å²) in [6.07, 6.45) is 1.88. The number of hydrogen-bond acceptors (Lipinski definition) is 2. The maximum absolute atomic E-state index is 11.7. The van der Waals surface area contributed by atoms with E-state index in [0.717, 1.165) is 12.6 Å². The zero-order valence-corrected chi connectivity index (χ0v) is 17.7. The highest BCUT2D eigenvalue weighted by Gasteiger charge is 2.79. The Morgan fingerprint density at radius 1 is 0.533 bits per heavy atom. The largest absolute Gasteiger partial charge is 0.298 e. The summed E-state index contributed by atoms with van der Waals surface area (Å²) < 4.78 is 0.